The molecule has 0 fully saturated rings. The van der Waals surface area contributed by atoms with Gasteiger partial charge < -0.3 is 19.2 Å². The average molecular weight is 540 g/mol. The predicted molar refractivity (Wildman–Crippen MR) is 143 cm³/mol. The number of carbonyl (C=O) groups excluding carboxylic acids is 1. The largest absolute Gasteiger partial charge is 0.484 e. The smallest absolute Gasteiger partial charge is 0.453 e. The average Bonchev–Trinajstić information content (AvgIpc) is 2.89. The second-order valence-electron chi connectivity index (χ2n) is 9.25. The van der Waals surface area contributed by atoms with Crippen LogP contribution in [0.25, 0.3) is 11.0 Å². The number of benzene rings is 3. The second kappa shape index (κ2) is 11.6. The summed E-state index contributed by atoms with van der Waals surface area (Å²) in [5.41, 5.74) is 1.76. The molecule has 0 bridgehead atoms. The molecule has 9 heteroatoms. The molecule has 4 aromatic rings. The lowest BCUT2D eigenvalue weighted by Crippen LogP contribution is -2.20. The van der Waals surface area contributed by atoms with E-state index in [-0.39, 0.29) is 22.5 Å². The molecular weight excluding hydrogens is 511 g/mol. The number of rotatable bonds is 9. The third-order valence-electron chi connectivity index (χ3n) is 6.06. The number of anilines is 1. The van der Waals surface area contributed by atoms with Gasteiger partial charge in [0.15, 0.2) is 6.61 Å². The Morgan fingerprint density at radius 1 is 1.00 bits per heavy atom. The van der Waals surface area contributed by atoms with Crippen molar-refractivity contribution < 1.29 is 31.9 Å². The third-order valence-corrected chi connectivity index (χ3v) is 6.06. The molecule has 204 valence electrons. The summed E-state index contributed by atoms with van der Waals surface area (Å²) in [5, 5.41) is 2.59. The van der Waals surface area contributed by atoms with E-state index in [9.17, 15) is 22.8 Å². The molecule has 0 aliphatic heterocycles. The molecule has 6 nitrogen and oxygen atoms in total. The zero-order valence-electron chi connectivity index (χ0n) is 21.8. The van der Waals surface area contributed by atoms with E-state index >= 15 is 0 Å². The minimum Gasteiger partial charge on any atom is -0.484 e. The van der Waals surface area contributed by atoms with Gasteiger partial charge in [0.2, 0.25) is 11.2 Å². The highest BCUT2D eigenvalue weighted by molar-refractivity contribution is 5.92. The molecule has 0 atom stereocenters. The first-order valence-corrected chi connectivity index (χ1v) is 12.5. The molecule has 0 saturated carbocycles. The van der Waals surface area contributed by atoms with Crippen LogP contribution in [0.4, 0.5) is 18.9 Å². The number of hydrogen-bond donors (Lipinski definition) is 1. The molecule has 0 aliphatic rings. The fraction of sp³-hybridized carbons (Fsp3) is 0.267. The lowest BCUT2D eigenvalue weighted by Gasteiger charge is -2.15. The molecule has 39 heavy (non-hydrogen) atoms. The number of halogens is 3. The van der Waals surface area contributed by atoms with Gasteiger partial charge in [-0.25, -0.2) is 0 Å². The van der Waals surface area contributed by atoms with Crippen molar-refractivity contribution in [1.29, 1.82) is 0 Å². The summed E-state index contributed by atoms with van der Waals surface area (Å²) >= 11 is 0. The Balaban J connectivity index is 1.54. The summed E-state index contributed by atoms with van der Waals surface area (Å²) < 4.78 is 57.7. The van der Waals surface area contributed by atoms with Gasteiger partial charge in [0.1, 0.15) is 17.1 Å². The van der Waals surface area contributed by atoms with E-state index < -0.39 is 35.6 Å². The third kappa shape index (κ3) is 6.79. The van der Waals surface area contributed by atoms with Crippen LogP contribution in [0.1, 0.15) is 42.2 Å². The summed E-state index contributed by atoms with van der Waals surface area (Å²) in [7, 11) is 0. The van der Waals surface area contributed by atoms with Crippen molar-refractivity contribution in [2.45, 2.75) is 46.2 Å². The summed E-state index contributed by atoms with van der Waals surface area (Å²) in [5.74, 6) is -2.78. The van der Waals surface area contributed by atoms with E-state index in [1.165, 1.54) is 17.7 Å². The van der Waals surface area contributed by atoms with Gasteiger partial charge in [-0.1, -0.05) is 37.6 Å². The molecule has 3 aromatic carbocycles. The number of aryl methyl sites for hydroxylation is 3. The molecule has 1 amide bonds. The highest BCUT2D eigenvalue weighted by Gasteiger charge is 2.40. The molecule has 0 radical (unpaired) electrons. The first-order valence-electron chi connectivity index (χ1n) is 12.5. The highest BCUT2D eigenvalue weighted by atomic mass is 19.4. The van der Waals surface area contributed by atoms with Crippen molar-refractivity contribution in [3.63, 3.8) is 0 Å². The summed E-state index contributed by atoms with van der Waals surface area (Å²) in [6.45, 7) is 5.14. The minimum absolute atomic E-state index is 0.0621. The second-order valence-corrected chi connectivity index (χ2v) is 9.25. The first-order chi connectivity index (χ1) is 18.5. The SMILES string of the molecule is CCCCc1ccc(NC(=O)COc2ccc3c(=O)c(Oc4cc(C)ccc4C)c(C(F)(F)F)oc3c2)cc1. The Labute approximate surface area is 223 Å². The van der Waals surface area contributed by atoms with Crippen LogP contribution >= 0.6 is 0 Å². The zero-order chi connectivity index (χ0) is 28.2. The number of alkyl halides is 3. The maximum Gasteiger partial charge on any atom is 0.453 e. The molecular formula is C30H28F3NO5. The van der Waals surface area contributed by atoms with E-state index in [4.69, 9.17) is 13.9 Å². The maximum absolute atomic E-state index is 13.9. The van der Waals surface area contributed by atoms with Gasteiger partial charge in [0, 0.05) is 11.8 Å². The van der Waals surface area contributed by atoms with E-state index in [1.54, 1.807) is 44.2 Å². The first kappa shape index (κ1) is 27.8. The van der Waals surface area contributed by atoms with Crippen LogP contribution in [0.2, 0.25) is 0 Å². The number of carbonyl (C=O) groups is 1. The van der Waals surface area contributed by atoms with Crippen molar-refractivity contribution in [1.82, 2.24) is 0 Å². The van der Waals surface area contributed by atoms with E-state index in [0.717, 1.165) is 30.9 Å². The highest BCUT2D eigenvalue weighted by Crippen LogP contribution is 2.39. The van der Waals surface area contributed by atoms with E-state index in [0.29, 0.717) is 11.3 Å². The van der Waals surface area contributed by atoms with Crippen molar-refractivity contribution >= 4 is 22.6 Å². The summed E-state index contributed by atoms with van der Waals surface area (Å²) in [6.07, 6.45) is -1.87. The topological polar surface area (TPSA) is 77.8 Å². The van der Waals surface area contributed by atoms with Gasteiger partial charge in [-0.2, -0.15) is 13.2 Å². The monoisotopic (exact) mass is 539 g/mol. The van der Waals surface area contributed by atoms with Gasteiger partial charge in [-0.05, 0) is 73.7 Å². The Morgan fingerprint density at radius 2 is 1.74 bits per heavy atom. The quantitative estimate of drug-likeness (QED) is 0.237. The Hall–Kier alpha value is -4.27. The number of fused-ring (bicyclic) bond motifs is 1. The maximum atomic E-state index is 13.9. The lowest BCUT2D eigenvalue weighted by molar-refractivity contribution is -0.154. The van der Waals surface area contributed by atoms with Crippen LogP contribution in [-0.4, -0.2) is 12.5 Å². The molecule has 4 rings (SSSR count). The normalized spacial score (nSPS) is 11.4. The van der Waals surface area contributed by atoms with Crippen molar-refractivity contribution in [3.05, 3.63) is 93.3 Å². The molecule has 0 spiro atoms. The minimum atomic E-state index is -5.00. The lowest BCUT2D eigenvalue weighted by atomic mass is 10.1. The standard InChI is InChI=1S/C30H28F3NO5/c1-4-5-6-20-9-11-21(12-10-20)34-26(35)17-37-22-13-14-23-25(16-22)39-29(30(31,32)33)28(27(23)36)38-24-15-18(2)7-8-19(24)3/h7-16H,4-6,17H2,1-3H3,(H,34,35). The van der Waals surface area contributed by atoms with Gasteiger partial charge >= 0.3 is 6.18 Å². The van der Waals surface area contributed by atoms with Crippen molar-refractivity contribution in [3.8, 4) is 17.2 Å². The van der Waals surface area contributed by atoms with Gasteiger partial charge in [0.25, 0.3) is 11.7 Å². The fourth-order valence-corrected chi connectivity index (χ4v) is 3.93. The predicted octanol–water partition coefficient (Wildman–Crippen LogP) is 7.58. The van der Waals surface area contributed by atoms with Crippen molar-refractivity contribution in [2.75, 3.05) is 11.9 Å². The van der Waals surface area contributed by atoms with Crippen LogP contribution in [0.3, 0.4) is 0 Å². The van der Waals surface area contributed by atoms with Crippen LogP contribution in [-0.2, 0) is 17.4 Å². The summed E-state index contributed by atoms with van der Waals surface area (Å²) in [6, 6.07) is 16.3. The van der Waals surface area contributed by atoms with Crippen LogP contribution in [0.15, 0.2) is 69.9 Å². The van der Waals surface area contributed by atoms with E-state index in [2.05, 4.69) is 12.2 Å². The number of unbranched alkanes of at least 4 members (excludes halogenated alkanes) is 1. The van der Waals surface area contributed by atoms with Gasteiger partial charge in [0.05, 0.1) is 5.39 Å². The molecule has 0 saturated heterocycles. The van der Waals surface area contributed by atoms with E-state index in [1.807, 2.05) is 12.1 Å². The van der Waals surface area contributed by atoms with Crippen LogP contribution < -0.4 is 20.2 Å². The number of ether oxygens (including phenoxy) is 2. The molecule has 1 N–H and O–H groups in total. The van der Waals surface area contributed by atoms with Crippen LogP contribution in [0, 0.1) is 13.8 Å². The Morgan fingerprint density at radius 3 is 2.44 bits per heavy atom. The molecule has 1 heterocycles. The Kier molecular flexibility index (Phi) is 8.28. The molecule has 0 unspecified atom stereocenters. The van der Waals surface area contributed by atoms with Gasteiger partial charge in [-0.15, -0.1) is 0 Å². The van der Waals surface area contributed by atoms with Gasteiger partial charge in [-0.3, -0.25) is 9.59 Å². The summed E-state index contributed by atoms with van der Waals surface area (Å²) in [4.78, 5) is 25.4. The Bertz CT molecular complexity index is 1540. The number of nitrogens with one attached hydrogen (secondary N) is 1. The molecule has 1 aromatic heterocycles. The number of amides is 1. The van der Waals surface area contributed by atoms with Crippen molar-refractivity contribution in [2.24, 2.45) is 0 Å². The van der Waals surface area contributed by atoms with Crippen LogP contribution in [0.5, 0.6) is 17.2 Å². The zero-order valence-corrected chi connectivity index (χ0v) is 21.8. The number of hydrogen-bond acceptors (Lipinski definition) is 5. The molecule has 0 aliphatic carbocycles. The fourth-order valence-electron chi connectivity index (χ4n) is 3.93.